The number of rotatable bonds is 9. The van der Waals surface area contributed by atoms with Gasteiger partial charge in [-0.1, -0.05) is 13.8 Å². The van der Waals surface area contributed by atoms with Crippen LogP contribution in [0.3, 0.4) is 0 Å². The van der Waals surface area contributed by atoms with E-state index in [-0.39, 0.29) is 22.8 Å². The normalized spacial score (nSPS) is 19.5. The summed E-state index contributed by atoms with van der Waals surface area (Å²) in [5.41, 5.74) is 4.12. The van der Waals surface area contributed by atoms with E-state index in [1.807, 2.05) is 19.1 Å². The van der Waals surface area contributed by atoms with E-state index >= 15 is 0 Å². The SMILES string of the molecule is Cc1cc(Nc2ccc(F)cc2)c(C=N)cc1[C@H]1CN(S(=O)(=O)c2cnn(C3CCOCC3)c2)CCN1CC(C)C. The number of anilines is 2. The Morgan fingerprint density at radius 1 is 1.17 bits per heavy atom. The minimum atomic E-state index is -3.75. The minimum Gasteiger partial charge on any atom is -0.381 e. The van der Waals surface area contributed by atoms with Crippen molar-refractivity contribution in [2.24, 2.45) is 5.92 Å². The number of hydrogen-bond donors (Lipinski definition) is 2. The Kier molecular flexibility index (Phi) is 8.88. The van der Waals surface area contributed by atoms with Gasteiger partial charge in [-0.25, -0.2) is 12.8 Å². The van der Waals surface area contributed by atoms with E-state index in [1.54, 1.807) is 27.3 Å². The van der Waals surface area contributed by atoms with Crippen LogP contribution in [-0.2, 0) is 14.8 Å². The maximum absolute atomic E-state index is 13.8. The highest BCUT2D eigenvalue weighted by Crippen LogP contribution is 2.35. The molecule has 3 heterocycles. The summed E-state index contributed by atoms with van der Waals surface area (Å²) < 4.78 is 49.9. The number of benzene rings is 2. The van der Waals surface area contributed by atoms with E-state index in [0.717, 1.165) is 41.9 Å². The van der Waals surface area contributed by atoms with E-state index in [4.69, 9.17) is 10.1 Å². The smallest absolute Gasteiger partial charge is 0.246 e. The molecule has 2 aromatic carbocycles. The van der Waals surface area contributed by atoms with Crippen molar-refractivity contribution < 1.29 is 17.5 Å². The fourth-order valence-corrected chi connectivity index (χ4v) is 7.15. The zero-order valence-corrected chi connectivity index (χ0v) is 24.7. The van der Waals surface area contributed by atoms with Crippen molar-refractivity contribution in [3.63, 3.8) is 0 Å². The second-order valence-electron chi connectivity index (χ2n) is 11.3. The predicted molar refractivity (Wildman–Crippen MR) is 158 cm³/mol. The van der Waals surface area contributed by atoms with Crippen molar-refractivity contribution in [1.29, 1.82) is 5.41 Å². The highest BCUT2D eigenvalue weighted by molar-refractivity contribution is 7.89. The summed E-state index contributed by atoms with van der Waals surface area (Å²) in [6, 6.07) is 10.0. The van der Waals surface area contributed by atoms with Crippen LogP contribution in [-0.4, -0.2) is 73.0 Å². The average Bonchev–Trinajstić information content (AvgIpc) is 3.47. The van der Waals surface area contributed by atoms with Gasteiger partial charge in [0.2, 0.25) is 10.0 Å². The Morgan fingerprint density at radius 3 is 2.59 bits per heavy atom. The molecule has 0 unspecified atom stereocenters. The molecule has 0 bridgehead atoms. The van der Waals surface area contributed by atoms with E-state index in [9.17, 15) is 12.8 Å². The van der Waals surface area contributed by atoms with Gasteiger partial charge < -0.3 is 15.5 Å². The van der Waals surface area contributed by atoms with Gasteiger partial charge in [-0.3, -0.25) is 9.58 Å². The van der Waals surface area contributed by atoms with E-state index in [1.165, 1.54) is 24.5 Å². The number of aromatic nitrogens is 2. The minimum absolute atomic E-state index is 0.146. The van der Waals surface area contributed by atoms with Crippen LogP contribution < -0.4 is 5.32 Å². The topological polar surface area (TPSA) is 104 Å². The number of halogens is 1. The number of piperazine rings is 1. The summed E-state index contributed by atoms with van der Waals surface area (Å²) in [5.74, 6) is 0.0904. The number of ether oxygens (including phenoxy) is 1. The molecule has 3 aromatic rings. The molecule has 0 radical (unpaired) electrons. The highest BCUT2D eigenvalue weighted by Gasteiger charge is 2.37. The largest absolute Gasteiger partial charge is 0.381 e. The van der Waals surface area contributed by atoms with Crippen LogP contribution in [0.5, 0.6) is 0 Å². The van der Waals surface area contributed by atoms with Gasteiger partial charge in [-0.05, 0) is 73.2 Å². The predicted octanol–water partition coefficient (Wildman–Crippen LogP) is 5.13. The first-order valence-electron chi connectivity index (χ1n) is 14.2. The lowest BCUT2D eigenvalue weighted by atomic mass is 9.94. The standard InChI is InChI=1S/C30H39FN6O3S/c1-21(2)18-35-10-11-36(41(38,39)27-17-33-37(19-27)26-8-12-40-13-9-26)20-30(35)28-15-23(16-32)29(14-22(28)3)34-25-6-4-24(31)5-7-25/h4-7,14-17,19,21,26,30,32,34H,8-13,18,20H2,1-3H3/t30-/m1/s1. The average molecular weight is 583 g/mol. The summed E-state index contributed by atoms with van der Waals surface area (Å²) in [4.78, 5) is 2.57. The molecule has 11 heteroatoms. The monoisotopic (exact) mass is 582 g/mol. The molecule has 2 fully saturated rings. The molecule has 220 valence electrons. The van der Waals surface area contributed by atoms with Crippen LogP contribution >= 0.6 is 0 Å². The zero-order valence-electron chi connectivity index (χ0n) is 23.9. The first kappa shape index (κ1) is 29.4. The lowest BCUT2D eigenvalue weighted by Crippen LogP contribution is -2.51. The van der Waals surface area contributed by atoms with Gasteiger partial charge >= 0.3 is 0 Å². The highest BCUT2D eigenvalue weighted by atomic mass is 32.2. The summed E-state index contributed by atoms with van der Waals surface area (Å²) >= 11 is 0. The second kappa shape index (κ2) is 12.4. The molecule has 0 aliphatic carbocycles. The first-order chi connectivity index (χ1) is 19.7. The van der Waals surface area contributed by atoms with Crippen molar-refractivity contribution >= 4 is 27.6 Å². The van der Waals surface area contributed by atoms with Gasteiger partial charge in [0.05, 0.1) is 12.2 Å². The molecule has 5 rings (SSSR count). The van der Waals surface area contributed by atoms with Gasteiger partial charge in [0.1, 0.15) is 10.7 Å². The Bertz CT molecular complexity index is 1470. The Labute approximate surface area is 241 Å². The van der Waals surface area contributed by atoms with Crippen molar-refractivity contribution in [3.05, 3.63) is 71.3 Å². The van der Waals surface area contributed by atoms with Gasteiger partial charge in [-0.15, -0.1) is 0 Å². The van der Waals surface area contributed by atoms with Gasteiger partial charge in [0, 0.05) is 74.8 Å². The Hall–Kier alpha value is -3.12. The van der Waals surface area contributed by atoms with Crippen molar-refractivity contribution in [2.75, 3.05) is 44.7 Å². The number of nitrogens with one attached hydrogen (secondary N) is 2. The number of nitrogens with zero attached hydrogens (tertiary/aromatic N) is 4. The summed E-state index contributed by atoms with van der Waals surface area (Å²) in [6.07, 6.45) is 6.06. The molecule has 41 heavy (non-hydrogen) atoms. The van der Waals surface area contributed by atoms with Crippen LogP contribution in [0, 0.1) is 24.1 Å². The molecular formula is C30H39FN6O3S. The fourth-order valence-electron chi connectivity index (χ4n) is 5.77. The van der Waals surface area contributed by atoms with Crippen LogP contribution in [0.15, 0.2) is 53.7 Å². The maximum atomic E-state index is 13.8. The molecule has 0 amide bonds. The van der Waals surface area contributed by atoms with Gasteiger partial charge in [-0.2, -0.15) is 9.40 Å². The van der Waals surface area contributed by atoms with Crippen LogP contribution in [0.1, 0.15) is 55.5 Å². The Morgan fingerprint density at radius 2 is 1.90 bits per heavy atom. The molecule has 2 N–H and O–H groups in total. The molecule has 2 aliphatic rings. The molecule has 0 saturated carbocycles. The quantitative estimate of drug-likeness (QED) is 0.339. The summed E-state index contributed by atoms with van der Waals surface area (Å²) in [6.45, 7) is 9.78. The van der Waals surface area contributed by atoms with Gasteiger partial charge in [0.15, 0.2) is 0 Å². The third-order valence-electron chi connectivity index (χ3n) is 7.91. The third-order valence-corrected chi connectivity index (χ3v) is 9.73. The molecule has 1 atom stereocenters. The number of sulfonamides is 1. The van der Waals surface area contributed by atoms with Crippen molar-refractivity contribution in [2.45, 2.75) is 50.6 Å². The maximum Gasteiger partial charge on any atom is 0.246 e. The molecular weight excluding hydrogens is 543 g/mol. The van der Waals surface area contributed by atoms with E-state index < -0.39 is 10.0 Å². The molecule has 2 aliphatic heterocycles. The summed E-state index contributed by atoms with van der Waals surface area (Å²) in [7, 11) is -3.75. The number of hydrogen-bond acceptors (Lipinski definition) is 7. The van der Waals surface area contributed by atoms with E-state index in [2.05, 4.69) is 29.2 Å². The lowest BCUT2D eigenvalue weighted by molar-refractivity contribution is 0.0662. The van der Waals surface area contributed by atoms with Crippen LogP contribution in [0.2, 0.25) is 0 Å². The second-order valence-corrected chi connectivity index (χ2v) is 13.3. The lowest BCUT2D eigenvalue weighted by Gasteiger charge is -2.42. The van der Waals surface area contributed by atoms with E-state index in [0.29, 0.717) is 44.3 Å². The number of aryl methyl sites for hydroxylation is 1. The fraction of sp³-hybridized carbons (Fsp3) is 0.467. The molecule has 1 aromatic heterocycles. The Balaban J connectivity index is 1.43. The zero-order chi connectivity index (χ0) is 29.1. The van der Waals surface area contributed by atoms with Crippen molar-refractivity contribution in [3.8, 4) is 0 Å². The molecule has 9 nitrogen and oxygen atoms in total. The van der Waals surface area contributed by atoms with Gasteiger partial charge in [0.25, 0.3) is 0 Å². The first-order valence-corrected chi connectivity index (χ1v) is 15.6. The van der Waals surface area contributed by atoms with Crippen molar-refractivity contribution in [1.82, 2.24) is 19.0 Å². The molecule has 2 saturated heterocycles. The third kappa shape index (κ3) is 6.53. The van der Waals surface area contributed by atoms with Crippen LogP contribution in [0.25, 0.3) is 0 Å². The molecule has 0 spiro atoms. The summed E-state index contributed by atoms with van der Waals surface area (Å²) in [5, 5.41) is 15.8. The van der Waals surface area contributed by atoms with Crippen LogP contribution in [0.4, 0.5) is 15.8 Å².